The van der Waals surface area contributed by atoms with Crippen LogP contribution < -0.4 is 4.31 Å². The summed E-state index contributed by atoms with van der Waals surface area (Å²) in [4.78, 5) is 18.3. The highest BCUT2D eigenvalue weighted by Crippen LogP contribution is 2.35. The minimum absolute atomic E-state index is 0.136. The molecule has 0 spiro atoms. The number of carbonyl (C=O) groups is 1. The van der Waals surface area contributed by atoms with Crippen LogP contribution in [0.15, 0.2) is 29.2 Å². The van der Waals surface area contributed by atoms with Crippen molar-refractivity contribution in [1.29, 1.82) is 0 Å². The van der Waals surface area contributed by atoms with Gasteiger partial charge in [-0.05, 0) is 57.6 Å². The highest BCUT2D eigenvalue weighted by molar-refractivity contribution is 7.93. The fourth-order valence-corrected chi connectivity index (χ4v) is 6.42. The second-order valence-electron chi connectivity index (χ2n) is 7.74. The molecular weight excluding hydrogens is 374 g/mol. The van der Waals surface area contributed by atoms with Gasteiger partial charge in [-0.1, -0.05) is 18.2 Å². The number of rotatable bonds is 3. The van der Waals surface area contributed by atoms with E-state index in [4.69, 9.17) is 0 Å². The van der Waals surface area contributed by atoms with Crippen molar-refractivity contribution >= 4 is 21.6 Å². The number of sulfonamides is 1. The zero-order chi connectivity index (χ0) is 19.9. The Labute approximate surface area is 166 Å². The lowest BCUT2D eigenvalue weighted by Crippen LogP contribution is -2.39. The molecule has 28 heavy (non-hydrogen) atoms. The Morgan fingerprint density at radius 2 is 1.68 bits per heavy atom. The van der Waals surface area contributed by atoms with Gasteiger partial charge in [-0.3, -0.25) is 9.10 Å². The normalized spacial score (nSPS) is 17.5. The lowest BCUT2D eigenvalue weighted by atomic mass is 10.0. The number of aryl methyl sites for hydroxylation is 3. The third-order valence-corrected chi connectivity index (χ3v) is 7.78. The van der Waals surface area contributed by atoms with Crippen LogP contribution in [0.4, 0.5) is 5.69 Å². The number of aromatic amines is 1. The molecule has 7 heteroatoms. The summed E-state index contributed by atoms with van der Waals surface area (Å²) in [6.07, 6.45) is 4.69. The highest BCUT2D eigenvalue weighted by atomic mass is 32.2. The van der Waals surface area contributed by atoms with E-state index in [2.05, 4.69) is 4.98 Å². The number of piperidine rings is 1. The monoisotopic (exact) mass is 401 g/mol. The second-order valence-corrected chi connectivity index (χ2v) is 9.54. The van der Waals surface area contributed by atoms with E-state index in [0.717, 1.165) is 43.4 Å². The van der Waals surface area contributed by atoms with Crippen LogP contribution in [-0.4, -0.2) is 43.8 Å². The molecule has 1 amide bonds. The number of aromatic nitrogens is 1. The van der Waals surface area contributed by atoms with E-state index in [1.807, 2.05) is 24.3 Å². The third kappa shape index (κ3) is 3.11. The molecular formula is C21H27N3O3S. The standard InChI is InChI=1S/C21H27N3O3S/c1-15-19(21(25)23-12-6-3-7-13-23)20(16(2)22-15)28(26,27)24-14-8-10-17-9-4-5-11-18(17)24/h4-5,9,11,22H,3,6-8,10,12-14H2,1-2H3. The van der Waals surface area contributed by atoms with Crippen LogP contribution in [0.1, 0.15) is 53.0 Å². The Hall–Kier alpha value is -2.28. The number of para-hydroxylation sites is 1. The van der Waals surface area contributed by atoms with E-state index in [1.165, 1.54) is 4.31 Å². The molecule has 2 aromatic rings. The van der Waals surface area contributed by atoms with Gasteiger partial charge in [-0.2, -0.15) is 0 Å². The minimum atomic E-state index is -3.85. The zero-order valence-electron chi connectivity index (χ0n) is 16.5. The molecule has 0 saturated carbocycles. The van der Waals surface area contributed by atoms with Gasteiger partial charge in [0.05, 0.1) is 11.3 Å². The third-order valence-electron chi connectivity index (χ3n) is 5.79. The van der Waals surface area contributed by atoms with Crippen molar-refractivity contribution in [3.8, 4) is 0 Å². The number of hydrogen-bond donors (Lipinski definition) is 1. The van der Waals surface area contributed by atoms with E-state index < -0.39 is 10.0 Å². The topological polar surface area (TPSA) is 73.5 Å². The molecule has 0 unspecified atom stereocenters. The van der Waals surface area contributed by atoms with Gasteiger partial charge in [-0.25, -0.2) is 8.42 Å². The van der Waals surface area contributed by atoms with E-state index in [0.29, 0.717) is 36.6 Å². The molecule has 0 atom stereocenters. The lowest BCUT2D eigenvalue weighted by Gasteiger charge is -2.31. The van der Waals surface area contributed by atoms with Gasteiger partial charge in [0, 0.05) is 31.0 Å². The molecule has 1 aromatic heterocycles. The summed E-state index contributed by atoms with van der Waals surface area (Å²) in [6.45, 7) is 5.33. The summed E-state index contributed by atoms with van der Waals surface area (Å²) in [5, 5.41) is 0. The largest absolute Gasteiger partial charge is 0.361 e. The molecule has 0 bridgehead atoms. The number of likely N-dealkylation sites (tertiary alicyclic amines) is 1. The molecule has 4 rings (SSSR count). The number of benzene rings is 1. The fraction of sp³-hybridized carbons (Fsp3) is 0.476. The van der Waals surface area contributed by atoms with Crippen molar-refractivity contribution in [3.05, 3.63) is 46.8 Å². The van der Waals surface area contributed by atoms with Crippen LogP contribution in [0.5, 0.6) is 0 Å². The summed E-state index contributed by atoms with van der Waals surface area (Å²) in [5.41, 5.74) is 3.22. The first kappa shape index (κ1) is 19.1. The fourth-order valence-electron chi connectivity index (χ4n) is 4.45. The van der Waals surface area contributed by atoms with Gasteiger partial charge >= 0.3 is 0 Å². The van der Waals surface area contributed by atoms with Gasteiger partial charge in [0.25, 0.3) is 15.9 Å². The van der Waals surface area contributed by atoms with Crippen LogP contribution in [-0.2, 0) is 16.4 Å². The molecule has 1 fully saturated rings. The summed E-state index contributed by atoms with van der Waals surface area (Å²) < 4.78 is 28.9. The molecule has 1 saturated heterocycles. The van der Waals surface area contributed by atoms with E-state index in [-0.39, 0.29) is 10.8 Å². The Morgan fingerprint density at radius 3 is 2.43 bits per heavy atom. The predicted molar refractivity (Wildman–Crippen MR) is 109 cm³/mol. The van der Waals surface area contributed by atoms with E-state index in [9.17, 15) is 13.2 Å². The van der Waals surface area contributed by atoms with Gasteiger partial charge < -0.3 is 9.88 Å². The van der Waals surface area contributed by atoms with Crippen LogP contribution in [0.3, 0.4) is 0 Å². The average molecular weight is 402 g/mol. The first-order valence-electron chi connectivity index (χ1n) is 10.0. The van der Waals surface area contributed by atoms with E-state index in [1.54, 1.807) is 18.7 Å². The molecule has 1 aromatic carbocycles. The maximum absolute atomic E-state index is 13.7. The number of fused-ring (bicyclic) bond motifs is 1. The molecule has 2 aliphatic rings. The van der Waals surface area contributed by atoms with Crippen molar-refractivity contribution in [2.45, 2.75) is 50.8 Å². The SMILES string of the molecule is Cc1[nH]c(C)c(S(=O)(=O)N2CCCc3ccccc32)c1C(=O)N1CCCCC1. The minimum Gasteiger partial charge on any atom is -0.361 e. The summed E-state index contributed by atoms with van der Waals surface area (Å²) in [5.74, 6) is -0.176. The Kier molecular flexibility index (Phi) is 4.95. The van der Waals surface area contributed by atoms with Gasteiger partial charge in [0.1, 0.15) is 4.90 Å². The van der Waals surface area contributed by atoms with Crippen molar-refractivity contribution in [2.75, 3.05) is 23.9 Å². The molecule has 1 N–H and O–H groups in total. The number of hydrogen-bond acceptors (Lipinski definition) is 3. The summed E-state index contributed by atoms with van der Waals surface area (Å²) in [7, 11) is -3.85. The summed E-state index contributed by atoms with van der Waals surface area (Å²) in [6, 6.07) is 7.63. The molecule has 6 nitrogen and oxygen atoms in total. The van der Waals surface area contributed by atoms with Crippen LogP contribution in [0, 0.1) is 13.8 Å². The first-order valence-corrected chi connectivity index (χ1v) is 11.4. The number of H-pyrrole nitrogens is 1. The lowest BCUT2D eigenvalue weighted by molar-refractivity contribution is 0.0720. The van der Waals surface area contributed by atoms with Crippen molar-refractivity contribution in [1.82, 2.24) is 9.88 Å². The molecule has 150 valence electrons. The zero-order valence-corrected chi connectivity index (χ0v) is 17.3. The maximum atomic E-state index is 13.7. The molecule has 0 radical (unpaired) electrons. The first-order chi connectivity index (χ1) is 13.4. The smallest absolute Gasteiger partial charge is 0.266 e. The number of nitrogens with one attached hydrogen (secondary N) is 1. The number of amides is 1. The van der Waals surface area contributed by atoms with Crippen LogP contribution in [0.25, 0.3) is 0 Å². The van der Waals surface area contributed by atoms with Crippen molar-refractivity contribution in [2.24, 2.45) is 0 Å². The Morgan fingerprint density at radius 1 is 0.964 bits per heavy atom. The highest BCUT2D eigenvalue weighted by Gasteiger charge is 2.37. The maximum Gasteiger partial charge on any atom is 0.266 e. The van der Waals surface area contributed by atoms with Gasteiger partial charge in [0.15, 0.2) is 0 Å². The quantitative estimate of drug-likeness (QED) is 0.857. The van der Waals surface area contributed by atoms with Crippen molar-refractivity contribution < 1.29 is 13.2 Å². The Bertz CT molecular complexity index is 1000. The molecule has 2 aliphatic heterocycles. The van der Waals surface area contributed by atoms with Crippen LogP contribution in [0.2, 0.25) is 0 Å². The van der Waals surface area contributed by atoms with Gasteiger partial charge in [0.2, 0.25) is 0 Å². The Balaban J connectivity index is 1.80. The van der Waals surface area contributed by atoms with E-state index >= 15 is 0 Å². The van der Waals surface area contributed by atoms with Crippen molar-refractivity contribution in [3.63, 3.8) is 0 Å². The summed E-state index contributed by atoms with van der Waals surface area (Å²) >= 11 is 0. The molecule has 0 aliphatic carbocycles. The average Bonchev–Trinajstić information content (AvgIpc) is 3.02. The van der Waals surface area contributed by atoms with Crippen LogP contribution >= 0.6 is 0 Å². The number of nitrogens with zero attached hydrogens (tertiary/aromatic N) is 2. The molecule has 3 heterocycles. The number of anilines is 1. The number of carbonyl (C=O) groups excluding carboxylic acids is 1. The predicted octanol–water partition coefficient (Wildman–Crippen LogP) is 3.40. The second kappa shape index (κ2) is 7.28. The van der Waals surface area contributed by atoms with Gasteiger partial charge in [-0.15, -0.1) is 0 Å².